The highest BCUT2D eigenvalue weighted by Gasteiger charge is 2.19. The zero-order valence-electron chi connectivity index (χ0n) is 15.1. The van der Waals surface area contributed by atoms with Crippen LogP contribution in [0.5, 0.6) is 0 Å². The average Bonchev–Trinajstić information content (AvgIpc) is 3.36. The summed E-state index contributed by atoms with van der Waals surface area (Å²) < 4.78 is 1.83. The van der Waals surface area contributed by atoms with Crippen LogP contribution in [0.2, 0.25) is 0 Å². The van der Waals surface area contributed by atoms with E-state index in [1.54, 1.807) is 17.5 Å². The molecule has 4 rings (SSSR count). The molecule has 7 heteroatoms. The third kappa shape index (κ3) is 4.56. The van der Waals surface area contributed by atoms with Crippen LogP contribution in [0, 0.1) is 0 Å². The molecule has 1 saturated heterocycles. The largest absolute Gasteiger partial charge is 0.369 e. The molecule has 0 spiro atoms. The highest BCUT2D eigenvalue weighted by atomic mass is 32.1. The van der Waals surface area contributed by atoms with Gasteiger partial charge in [-0.15, -0.1) is 11.3 Å². The predicted octanol–water partition coefficient (Wildman–Crippen LogP) is 2.75. The number of nitrogens with one attached hydrogen (secondary N) is 1. The van der Waals surface area contributed by atoms with Crippen molar-refractivity contribution in [2.75, 3.05) is 42.9 Å². The molecule has 3 aromatic rings. The van der Waals surface area contributed by atoms with Gasteiger partial charge in [0.2, 0.25) is 5.91 Å². The van der Waals surface area contributed by atoms with Crippen LogP contribution in [0.1, 0.15) is 4.88 Å². The van der Waals surface area contributed by atoms with E-state index in [0.29, 0.717) is 13.1 Å². The minimum Gasteiger partial charge on any atom is -0.369 e. The molecule has 6 nitrogen and oxygen atoms in total. The molecule has 140 valence electrons. The Hall–Kier alpha value is -2.64. The van der Waals surface area contributed by atoms with Crippen molar-refractivity contribution in [1.82, 2.24) is 14.7 Å². The highest BCUT2D eigenvalue weighted by Crippen LogP contribution is 2.16. The number of rotatable bonds is 6. The Morgan fingerprint density at radius 2 is 1.85 bits per heavy atom. The van der Waals surface area contributed by atoms with Gasteiger partial charge in [0.15, 0.2) is 0 Å². The number of hydrogen-bond acceptors (Lipinski definition) is 5. The molecule has 1 fully saturated rings. The summed E-state index contributed by atoms with van der Waals surface area (Å²) in [6.07, 6.45) is 1.72. The number of thiophene rings is 1. The minimum atomic E-state index is 0.0103. The van der Waals surface area contributed by atoms with E-state index >= 15 is 0 Å². The van der Waals surface area contributed by atoms with Gasteiger partial charge in [-0.25, -0.2) is 4.68 Å². The number of hydrogen-bond donors (Lipinski definition) is 1. The van der Waals surface area contributed by atoms with Crippen molar-refractivity contribution in [1.29, 1.82) is 0 Å². The van der Waals surface area contributed by atoms with Gasteiger partial charge in [0.05, 0.1) is 19.3 Å². The molecule has 0 radical (unpaired) electrons. The van der Waals surface area contributed by atoms with E-state index in [4.69, 9.17) is 0 Å². The molecular formula is C20H23N5OS. The maximum atomic E-state index is 12.5. The first-order valence-corrected chi connectivity index (χ1v) is 10.0. The van der Waals surface area contributed by atoms with Crippen LogP contribution in [-0.2, 0) is 11.3 Å². The lowest BCUT2D eigenvalue weighted by Crippen LogP contribution is -2.48. The Balaban J connectivity index is 1.28. The van der Waals surface area contributed by atoms with Gasteiger partial charge in [-0.2, -0.15) is 5.10 Å². The van der Waals surface area contributed by atoms with E-state index < -0.39 is 0 Å². The Morgan fingerprint density at radius 3 is 2.59 bits per heavy atom. The van der Waals surface area contributed by atoms with E-state index in [1.165, 1.54) is 10.6 Å². The van der Waals surface area contributed by atoms with Gasteiger partial charge in [0.25, 0.3) is 0 Å². The van der Waals surface area contributed by atoms with Gasteiger partial charge >= 0.3 is 0 Å². The molecule has 1 amide bonds. The Bertz CT molecular complexity index is 854. The molecule has 0 atom stereocenters. The van der Waals surface area contributed by atoms with Crippen LogP contribution in [0.15, 0.2) is 60.1 Å². The number of anilines is 2. The van der Waals surface area contributed by atoms with Crippen molar-refractivity contribution in [2.45, 2.75) is 6.54 Å². The number of benzene rings is 1. The fourth-order valence-corrected chi connectivity index (χ4v) is 3.99. The lowest BCUT2D eigenvalue weighted by atomic mass is 10.2. The van der Waals surface area contributed by atoms with Gasteiger partial charge in [0, 0.05) is 42.8 Å². The first-order valence-electron chi connectivity index (χ1n) is 9.14. The second-order valence-electron chi connectivity index (χ2n) is 6.60. The average molecular weight is 382 g/mol. The molecule has 1 aromatic carbocycles. The second-order valence-corrected chi connectivity index (χ2v) is 7.63. The number of piperazine rings is 1. The molecule has 2 aromatic heterocycles. The number of carbonyl (C=O) groups is 1. The number of carbonyl (C=O) groups excluding carboxylic acids is 1. The van der Waals surface area contributed by atoms with Crippen molar-refractivity contribution in [2.24, 2.45) is 0 Å². The van der Waals surface area contributed by atoms with Gasteiger partial charge in [-0.3, -0.25) is 9.69 Å². The molecule has 0 aliphatic carbocycles. The monoisotopic (exact) mass is 381 g/mol. The van der Waals surface area contributed by atoms with Crippen LogP contribution in [0.25, 0.3) is 0 Å². The first-order chi connectivity index (χ1) is 13.3. The van der Waals surface area contributed by atoms with E-state index in [0.717, 1.165) is 32.0 Å². The van der Waals surface area contributed by atoms with E-state index in [2.05, 4.69) is 50.5 Å². The number of para-hydroxylation sites is 1. The standard InChI is InChI=1S/C20H23N5OS/c26-20(22-19-8-9-21-25(19)15-18-7-4-14-27-18)16-23-10-12-24(13-11-23)17-5-2-1-3-6-17/h1-9,14H,10-13,15-16H2,(H,22,26). The van der Waals surface area contributed by atoms with Gasteiger partial charge < -0.3 is 10.2 Å². The fourth-order valence-electron chi connectivity index (χ4n) is 3.30. The maximum Gasteiger partial charge on any atom is 0.239 e. The summed E-state index contributed by atoms with van der Waals surface area (Å²) in [7, 11) is 0. The number of nitrogens with zero attached hydrogens (tertiary/aromatic N) is 4. The lowest BCUT2D eigenvalue weighted by molar-refractivity contribution is -0.117. The molecule has 27 heavy (non-hydrogen) atoms. The van der Waals surface area contributed by atoms with Crippen molar-refractivity contribution >= 4 is 28.7 Å². The molecule has 0 unspecified atom stereocenters. The van der Waals surface area contributed by atoms with Gasteiger partial charge in [0.1, 0.15) is 5.82 Å². The first kappa shape index (κ1) is 17.8. The summed E-state index contributed by atoms with van der Waals surface area (Å²) in [5, 5.41) is 9.37. The number of aromatic nitrogens is 2. The van der Waals surface area contributed by atoms with Crippen molar-refractivity contribution in [3.8, 4) is 0 Å². The molecule has 1 aliphatic rings. The third-order valence-electron chi connectivity index (χ3n) is 4.73. The summed E-state index contributed by atoms with van der Waals surface area (Å²) in [5.41, 5.74) is 1.25. The summed E-state index contributed by atoms with van der Waals surface area (Å²) in [6.45, 7) is 4.73. The Kier molecular flexibility index (Phi) is 5.50. The Labute approximate surface area is 163 Å². The topological polar surface area (TPSA) is 53.4 Å². The summed E-state index contributed by atoms with van der Waals surface area (Å²) >= 11 is 1.69. The van der Waals surface area contributed by atoms with Crippen LogP contribution >= 0.6 is 11.3 Å². The van der Waals surface area contributed by atoms with Crippen molar-refractivity contribution < 1.29 is 4.79 Å². The van der Waals surface area contributed by atoms with E-state index in [-0.39, 0.29) is 5.91 Å². The van der Waals surface area contributed by atoms with Crippen molar-refractivity contribution in [3.63, 3.8) is 0 Å². The van der Waals surface area contributed by atoms with E-state index in [1.807, 2.05) is 28.3 Å². The highest BCUT2D eigenvalue weighted by molar-refractivity contribution is 7.09. The molecule has 3 heterocycles. The summed E-state index contributed by atoms with van der Waals surface area (Å²) in [5.74, 6) is 0.757. The van der Waals surface area contributed by atoms with Crippen LogP contribution in [0.4, 0.5) is 11.5 Å². The lowest BCUT2D eigenvalue weighted by Gasteiger charge is -2.35. The third-order valence-corrected chi connectivity index (χ3v) is 5.59. The minimum absolute atomic E-state index is 0.0103. The quantitative estimate of drug-likeness (QED) is 0.713. The van der Waals surface area contributed by atoms with Crippen LogP contribution < -0.4 is 10.2 Å². The Morgan fingerprint density at radius 1 is 1.04 bits per heavy atom. The fraction of sp³-hybridized carbons (Fsp3) is 0.300. The normalized spacial score (nSPS) is 15.0. The second kappa shape index (κ2) is 8.37. The molecule has 1 N–H and O–H groups in total. The van der Waals surface area contributed by atoms with Gasteiger partial charge in [-0.1, -0.05) is 24.3 Å². The van der Waals surface area contributed by atoms with Crippen LogP contribution in [-0.4, -0.2) is 53.3 Å². The zero-order chi connectivity index (χ0) is 18.5. The molecular weight excluding hydrogens is 358 g/mol. The summed E-state index contributed by atoms with van der Waals surface area (Å²) in [6, 6.07) is 16.4. The smallest absolute Gasteiger partial charge is 0.239 e. The zero-order valence-corrected chi connectivity index (χ0v) is 15.9. The SMILES string of the molecule is O=C(CN1CCN(c2ccccc2)CC1)Nc1ccnn1Cc1cccs1. The number of amides is 1. The van der Waals surface area contributed by atoms with Crippen LogP contribution in [0.3, 0.4) is 0 Å². The predicted molar refractivity (Wildman–Crippen MR) is 109 cm³/mol. The molecule has 0 bridgehead atoms. The maximum absolute atomic E-state index is 12.5. The molecule has 0 saturated carbocycles. The van der Waals surface area contributed by atoms with Gasteiger partial charge in [-0.05, 0) is 23.6 Å². The summed E-state index contributed by atoms with van der Waals surface area (Å²) in [4.78, 5) is 18.3. The van der Waals surface area contributed by atoms with E-state index in [9.17, 15) is 4.79 Å². The molecule has 1 aliphatic heterocycles. The van der Waals surface area contributed by atoms with Crippen molar-refractivity contribution in [3.05, 3.63) is 65.0 Å².